The fourth-order valence-electron chi connectivity index (χ4n) is 3.13. The SMILES string of the molecule is Cc1ccc(OCCCC(=O)N2CCC[C@@H]2c2ccc[nH]2)cc1. The summed E-state index contributed by atoms with van der Waals surface area (Å²) >= 11 is 0. The number of hydrogen-bond donors (Lipinski definition) is 1. The molecule has 4 heteroatoms. The molecule has 23 heavy (non-hydrogen) atoms. The number of aryl methyl sites for hydroxylation is 1. The molecule has 1 amide bonds. The number of aromatic nitrogens is 1. The summed E-state index contributed by atoms with van der Waals surface area (Å²) in [5, 5.41) is 0. The molecule has 0 aliphatic carbocycles. The molecule has 1 N–H and O–H groups in total. The van der Waals surface area contributed by atoms with E-state index in [1.165, 1.54) is 5.56 Å². The standard InChI is InChI=1S/C19H24N2O2/c1-15-8-10-16(11-9-15)23-14-4-7-19(22)21-13-3-6-18(21)17-5-2-12-20-17/h2,5,8-12,18,20H,3-4,6-7,13-14H2,1H3/t18-/m1/s1. The topological polar surface area (TPSA) is 45.3 Å². The first kappa shape index (κ1) is 15.7. The van der Waals surface area contributed by atoms with Crippen molar-refractivity contribution >= 4 is 5.91 Å². The van der Waals surface area contributed by atoms with Crippen LogP contribution in [0.4, 0.5) is 0 Å². The average molecular weight is 312 g/mol. The lowest BCUT2D eigenvalue weighted by Crippen LogP contribution is -2.30. The molecular weight excluding hydrogens is 288 g/mol. The average Bonchev–Trinajstić information content (AvgIpc) is 3.23. The van der Waals surface area contributed by atoms with Gasteiger partial charge in [0, 0.05) is 24.9 Å². The lowest BCUT2D eigenvalue weighted by atomic mass is 10.1. The number of hydrogen-bond acceptors (Lipinski definition) is 2. The smallest absolute Gasteiger partial charge is 0.223 e. The third-order valence-corrected chi connectivity index (χ3v) is 4.38. The number of carbonyl (C=O) groups excluding carboxylic acids is 1. The van der Waals surface area contributed by atoms with Crippen molar-refractivity contribution in [1.82, 2.24) is 9.88 Å². The van der Waals surface area contributed by atoms with Crippen molar-refractivity contribution in [3.05, 3.63) is 53.9 Å². The molecule has 122 valence electrons. The molecule has 4 nitrogen and oxygen atoms in total. The van der Waals surface area contributed by atoms with Crippen LogP contribution in [-0.2, 0) is 4.79 Å². The highest BCUT2D eigenvalue weighted by Crippen LogP contribution is 2.31. The molecule has 1 aromatic heterocycles. The van der Waals surface area contributed by atoms with Gasteiger partial charge in [-0.2, -0.15) is 0 Å². The van der Waals surface area contributed by atoms with E-state index in [0.29, 0.717) is 13.0 Å². The van der Waals surface area contributed by atoms with E-state index in [4.69, 9.17) is 4.74 Å². The van der Waals surface area contributed by atoms with Crippen LogP contribution < -0.4 is 4.74 Å². The predicted molar refractivity (Wildman–Crippen MR) is 90.4 cm³/mol. The van der Waals surface area contributed by atoms with E-state index in [1.807, 2.05) is 41.4 Å². The maximum Gasteiger partial charge on any atom is 0.223 e. The van der Waals surface area contributed by atoms with Crippen LogP contribution in [0.15, 0.2) is 42.6 Å². The largest absolute Gasteiger partial charge is 0.494 e. The molecule has 2 aromatic rings. The molecule has 2 heterocycles. The van der Waals surface area contributed by atoms with Gasteiger partial charge in [0.1, 0.15) is 5.75 Å². The number of aromatic amines is 1. The zero-order chi connectivity index (χ0) is 16.1. The zero-order valence-corrected chi connectivity index (χ0v) is 13.6. The van der Waals surface area contributed by atoms with E-state index in [2.05, 4.69) is 18.0 Å². The van der Waals surface area contributed by atoms with Gasteiger partial charge in [-0.3, -0.25) is 4.79 Å². The first-order chi connectivity index (χ1) is 11.2. The van der Waals surface area contributed by atoms with Gasteiger partial charge in [-0.1, -0.05) is 17.7 Å². The summed E-state index contributed by atoms with van der Waals surface area (Å²) in [6.07, 6.45) is 5.34. The Hall–Kier alpha value is -2.23. The Labute approximate surface area is 137 Å². The molecule has 0 radical (unpaired) electrons. The van der Waals surface area contributed by atoms with Crippen molar-refractivity contribution in [3.63, 3.8) is 0 Å². The van der Waals surface area contributed by atoms with Crippen LogP contribution in [0.1, 0.15) is 43.0 Å². The lowest BCUT2D eigenvalue weighted by Gasteiger charge is -2.24. The van der Waals surface area contributed by atoms with Crippen LogP contribution in [0.3, 0.4) is 0 Å². The number of rotatable bonds is 6. The van der Waals surface area contributed by atoms with Gasteiger partial charge in [-0.05, 0) is 50.5 Å². The minimum Gasteiger partial charge on any atom is -0.494 e. The Bertz CT molecular complexity index is 619. The summed E-state index contributed by atoms with van der Waals surface area (Å²) in [5.74, 6) is 1.10. The molecule has 1 aliphatic rings. The molecule has 1 fully saturated rings. The first-order valence-corrected chi connectivity index (χ1v) is 8.36. The maximum atomic E-state index is 12.5. The van der Waals surface area contributed by atoms with Gasteiger partial charge in [-0.15, -0.1) is 0 Å². The zero-order valence-electron chi connectivity index (χ0n) is 13.6. The van der Waals surface area contributed by atoms with Gasteiger partial charge in [0.2, 0.25) is 5.91 Å². The fraction of sp³-hybridized carbons (Fsp3) is 0.421. The molecule has 3 rings (SSSR count). The summed E-state index contributed by atoms with van der Waals surface area (Å²) in [6.45, 7) is 3.50. The lowest BCUT2D eigenvalue weighted by molar-refractivity contribution is -0.132. The molecule has 0 unspecified atom stereocenters. The van der Waals surface area contributed by atoms with E-state index in [-0.39, 0.29) is 11.9 Å². The van der Waals surface area contributed by atoms with Gasteiger partial charge >= 0.3 is 0 Å². The Balaban J connectivity index is 1.45. The monoisotopic (exact) mass is 312 g/mol. The van der Waals surface area contributed by atoms with Crippen molar-refractivity contribution in [2.45, 2.75) is 38.6 Å². The summed E-state index contributed by atoms with van der Waals surface area (Å²) in [7, 11) is 0. The van der Waals surface area contributed by atoms with Crippen LogP contribution in [0.25, 0.3) is 0 Å². The van der Waals surface area contributed by atoms with E-state index in [0.717, 1.165) is 37.3 Å². The fourth-order valence-corrected chi connectivity index (χ4v) is 3.13. The minimum atomic E-state index is 0.218. The van der Waals surface area contributed by atoms with Crippen molar-refractivity contribution < 1.29 is 9.53 Å². The number of nitrogens with zero attached hydrogens (tertiary/aromatic N) is 1. The highest BCUT2D eigenvalue weighted by molar-refractivity contribution is 5.77. The molecule has 1 saturated heterocycles. The van der Waals surface area contributed by atoms with Crippen molar-refractivity contribution in [1.29, 1.82) is 0 Å². The van der Waals surface area contributed by atoms with Crippen LogP contribution >= 0.6 is 0 Å². The summed E-state index contributed by atoms with van der Waals surface area (Å²) in [4.78, 5) is 17.7. The number of carbonyl (C=O) groups is 1. The second-order valence-electron chi connectivity index (χ2n) is 6.14. The first-order valence-electron chi connectivity index (χ1n) is 8.36. The van der Waals surface area contributed by atoms with Gasteiger partial charge in [-0.25, -0.2) is 0 Å². The van der Waals surface area contributed by atoms with Gasteiger partial charge in [0.15, 0.2) is 0 Å². The van der Waals surface area contributed by atoms with Crippen molar-refractivity contribution in [3.8, 4) is 5.75 Å². The summed E-state index contributed by atoms with van der Waals surface area (Å²) < 4.78 is 5.70. The van der Waals surface area contributed by atoms with E-state index < -0.39 is 0 Å². The number of benzene rings is 1. The number of amides is 1. The highest BCUT2D eigenvalue weighted by atomic mass is 16.5. The molecule has 1 atom stereocenters. The minimum absolute atomic E-state index is 0.218. The molecule has 0 saturated carbocycles. The van der Waals surface area contributed by atoms with Crippen LogP contribution in [-0.4, -0.2) is 28.9 Å². The molecular formula is C19H24N2O2. The van der Waals surface area contributed by atoms with Gasteiger partial charge in [0.05, 0.1) is 12.6 Å². The third kappa shape index (κ3) is 3.95. The summed E-state index contributed by atoms with van der Waals surface area (Å²) in [6, 6.07) is 12.3. The van der Waals surface area contributed by atoms with E-state index >= 15 is 0 Å². The Morgan fingerprint density at radius 1 is 1.30 bits per heavy atom. The van der Waals surface area contributed by atoms with Crippen LogP contribution in [0.5, 0.6) is 5.75 Å². The highest BCUT2D eigenvalue weighted by Gasteiger charge is 2.29. The quantitative estimate of drug-likeness (QED) is 0.824. The predicted octanol–water partition coefficient (Wildman–Crippen LogP) is 3.85. The molecule has 1 aromatic carbocycles. The van der Waals surface area contributed by atoms with Gasteiger partial charge < -0.3 is 14.6 Å². The van der Waals surface area contributed by atoms with Crippen molar-refractivity contribution in [2.75, 3.05) is 13.2 Å². The normalized spacial score (nSPS) is 17.4. The molecule has 1 aliphatic heterocycles. The second-order valence-corrected chi connectivity index (χ2v) is 6.14. The van der Waals surface area contributed by atoms with Crippen molar-refractivity contribution in [2.24, 2.45) is 0 Å². The maximum absolute atomic E-state index is 12.5. The second kappa shape index (κ2) is 7.36. The Kier molecular flexibility index (Phi) is 5.01. The number of likely N-dealkylation sites (tertiary alicyclic amines) is 1. The van der Waals surface area contributed by atoms with E-state index in [9.17, 15) is 4.79 Å². The number of nitrogens with one attached hydrogen (secondary N) is 1. The Morgan fingerprint density at radius 3 is 2.87 bits per heavy atom. The number of H-pyrrole nitrogens is 1. The number of ether oxygens (including phenoxy) is 1. The van der Waals surface area contributed by atoms with Gasteiger partial charge in [0.25, 0.3) is 0 Å². The molecule has 0 bridgehead atoms. The van der Waals surface area contributed by atoms with Crippen LogP contribution in [0.2, 0.25) is 0 Å². The Morgan fingerprint density at radius 2 is 2.13 bits per heavy atom. The third-order valence-electron chi connectivity index (χ3n) is 4.38. The van der Waals surface area contributed by atoms with Crippen LogP contribution in [0, 0.1) is 6.92 Å². The van der Waals surface area contributed by atoms with E-state index in [1.54, 1.807) is 0 Å². The summed E-state index contributed by atoms with van der Waals surface area (Å²) in [5.41, 5.74) is 2.36. The molecule has 0 spiro atoms.